The summed E-state index contributed by atoms with van der Waals surface area (Å²) in [7, 11) is 9.15. The number of esters is 2. The molecule has 0 bridgehead atoms. The van der Waals surface area contributed by atoms with Gasteiger partial charge in [-0.25, -0.2) is 9.59 Å². The molecule has 0 aliphatic carbocycles. The van der Waals surface area contributed by atoms with Crippen LogP contribution >= 0.6 is 0 Å². The van der Waals surface area contributed by atoms with Gasteiger partial charge in [0.2, 0.25) is 6.79 Å². The molecule has 3 rings (SSSR count). The SMILES string of the molecule is CCCN(C)B1OC1CC.CCCN(CCC)C(=O)C(F)(F)F.CCCN(CCC)C(=O)C(F)(F)F.COC(=O)c1cc(OC)c(OCOc2cc([N+](=O)[O-])c(C(=O)OC)cc2OC)cc1[N+](=O)[O-].C[B]OOCB=O. The van der Waals surface area contributed by atoms with E-state index in [1.54, 1.807) is 34.5 Å². The zero-order valence-electron chi connectivity index (χ0n) is 44.7. The summed E-state index contributed by atoms with van der Waals surface area (Å²) in [4.78, 5) is 78.6. The second-order valence-electron chi connectivity index (χ2n) is 15.3. The first-order chi connectivity index (χ1) is 35.7. The van der Waals surface area contributed by atoms with Gasteiger partial charge >= 0.3 is 85.5 Å². The summed E-state index contributed by atoms with van der Waals surface area (Å²) >= 11 is 0. The average molecular weight is 1100 g/mol. The zero-order chi connectivity index (χ0) is 58.8. The number of nitrogens with zero attached hydrogens (tertiary/aromatic N) is 5. The number of hydrogen-bond donors (Lipinski definition) is 0. The molecule has 1 atom stereocenters. The van der Waals surface area contributed by atoms with Gasteiger partial charge in [0.25, 0.3) is 11.4 Å². The van der Waals surface area contributed by atoms with Crippen LogP contribution in [0.25, 0.3) is 0 Å². The molecule has 0 saturated carbocycles. The quantitative estimate of drug-likeness (QED) is 0.0101. The van der Waals surface area contributed by atoms with E-state index in [9.17, 15) is 70.5 Å². The number of ether oxygens (including phenoxy) is 6. The van der Waals surface area contributed by atoms with Crippen molar-refractivity contribution in [2.45, 2.75) is 105 Å². The van der Waals surface area contributed by atoms with Crippen molar-refractivity contribution in [2.75, 3.05) is 81.5 Å². The van der Waals surface area contributed by atoms with Gasteiger partial charge in [-0.05, 0) is 52.1 Å². The molecule has 1 fully saturated rings. The van der Waals surface area contributed by atoms with Gasteiger partial charge in [-0.1, -0.05) is 41.5 Å². The Kier molecular flexibility index (Phi) is 36.2. The number of nitro groups is 2. The van der Waals surface area contributed by atoms with Gasteiger partial charge in [-0.2, -0.15) is 26.3 Å². The van der Waals surface area contributed by atoms with Gasteiger partial charge in [-0.15, -0.1) is 0 Å². The van der Waals surface area contributed by atoms with Crippen molar-refractivity contribution >= 4 is 56.8 Å². The van der Waals surface area contributed by atoms with Gasteiger partial charge in [0, 0.05) is 38.3 Å². The molecule has 76 heavy (non-hydrogen) atoms. The molecule has 1 aliphatic rings. The summed E-state index contributed by atoms with van der Waals surface area (Å²) in [6.45, 7) is 14.2. The number of methoxy groups -OCH3 is 4. The van der Waals surface area contributed by atoms with Gasteiger partial charge in [0.1, 0.15) is 11.1 Å². The van der Waals surface area contributed by atoms with Crippen LogP contribution in [0.4, 0.5) is 37.7 Å². The Bertz CT molecular complexity index is 1980. The first-order valence-corrected chi connectivity index (χ1v) is 23.5. The van der Waals surface area contributed by atoms with Gasteiger partial charge in [0.15, 0.2) is 23.0 Å². The number of carbonyl (C=O) groups is 4. The zero-order valence-corrected chi connectivity index (χ0v) is 44.7. The van der Waals surface area contributed by atoms with Crippen molar-refractivity contribution in [3.63, 3.8) is 0 Å². The predicted molar refractivity (Wildman–Crippen MR) is 263 cm³/mol. The fourth-order valence-corrected chi connectivity index (χ4v) is 6.15. The molecule has 0 N–H and O–H groups in total. The van der Waals surface area contributed by atoms with Crippen LogP contribution in [0, 0.1) is 20.2 Å². The number of carbonyl (C=O) groups excluding carboxylic acids is 4. The van der Waals surface area contributed by atoms with Gasteiger partial charge in [-0.3, -0.25) is 29.8 Å². The van der Waals surface area contributed by atoms with E-state index in [2.05, 4.69) is 44.9 Å². The fourth-order valence-electron chi connectivity index (χ4n) is 6.15. The van der Waals surface area contributed by atoms with Gasteiger partial charge < -0.3 is 47.7 Å². The summed E-state index contributed by atoms with van der Waals surface area (Å²) < 4.78 is 117. The van der Waals surface area contributed by atoms with Crippen LogP contribution in [-0.2, 0) is 38.1 Å². The number of amides is 2. The van der Waals surface area contributed by atoms with Crippen molar-refractivity contribution in [1.29, 1.82) is 0 Å². The minimum absolute atomic E-state index is 0.00958. The maximum atomic E-state index is 12.0. The Labute approximate surface area is 438 Å². The van der Waals surface area contributed by atoms with Crippen LogP contribution < -0.4 is 18.9 Å². The third-order valence-corrected chi connectivity index (χ3v) is 9.50. The normalized spacial score (nSPS) is 12.1. The summed E-state index contributed by atoms with van der Waals surface area (Å²) in [5.41, 5.74) is -1.92. The number of alkyl halides is 6. The molecular weight excluding hydrogens is 1030 g/mol. The van der Waals surface area contributed by atoms with Crippen LogP contribution in [0.5, 0.6) is 23.0 Å². The number of hydrogen-bond acceptors (Lipinski definition) is 19. The Morgan fingerprint density at radius 1 is 0.658 bits per heavy atom. The molecule has 2 aromatic rings. The molecule has 427 valence electrons. The van der Waals surface area contributed by atoms with Crippen molar-refractivity contribution in [1.82, 2.24) is 14.6 Å². The second kappa shape index (κ2) is 38.3. The van der Waals surface area contributed by atoms with E-state index in [0.717, 1.165) is 61.3 Å². The summed E-state index contributed by atoms with van der Waals surface area (Å²) in [6.07, 6.45) is -4.92. The maximum absolute atomic E-state index is 12.0. The molecule has 0 spiro atoms. The molecule has 0 aromatic heterocycles. The van der Waals surface area contributed by atoms with E-state index < -0.39 is 64.1 Å². The van der Waals surface area contributed by atoms with Gasteiger partial charge in [0.05, 0.1) is 56.4 Å². The molecule has 1 saturated heterocycles. The van der Waals surface area contributed by atoms with Crippen molar-refractivity contribution in [3.05, 3.63) is 55.6 Å². The van der Waals surface area contributed by atoms with E-state index in [1.807, 2.05) is 0 Å². The third kappa shape index (κ3) is 26.5. The topological polar surface area (TPSA) is 268 Å². The molecule has 2 amide bonds. The van der Waals surface area contributed by atoms with Crippen LogP contribution in [0.2, 0.25) is 6.82 Å². The van der Waals surface area contributed by atoms with Crippen molar-refractivity contribution in [2.24, 2.45) is 0 Å². The number of rotatable bonds is 26. The van der Waals surface area contributed by atoms with E-state index >= 15 is 0 Å². The standard InChI is InChI=1S/C19H18N2O12.2C8H14F3NO.C7H16BNO.C2H5B2O3/c1-28-14-5-10(18(22)30-3)12(20(24)25)7-16(14)32-9-33-17-8-13(21(26)27)11(19(23)31-4)6-15(17)29-2;2*1-3-5-12(6-4-2)7(13)8(9,10)11;1-4-6-9(3)8-7(5-2)10-8;1-3-7-6-2-4-5/h5-8H,9H2,1-4H3;2*3-6H2,1-2H3;7H,4-6H2,1-3H3;2H2,1H3. The molecule has 1 aliphatic heterocycles. The minimum atomic E-state index is -4.73. The van der Waals surface area contributed by atoms with Crippen LogP contribution in [0.3, 0.4) is 0 Å². The Balaban J connectivity index is 0. The molecule has 32 heteroatoms. The Morgan fingerprint density at radius 3 is 1.28 bits per heavy atom. The van der Waals surface area contributed by atoms with Crippen LogP contribution in [0.15, 0.2) is 24.3 Å². The first kappa shape index (κ1) is 71.8. The molecule has 1 radical (unpaired) electrons. The summed E-state index contributed by atoms with van der Waals surface area (Å²) in [5.74, 6) is -5.75. The monoisotopic (exact) mass is 1100 g/mol. The fraction of sp³-hybridized carbons (Fsp3) is 0.636. The summed E-state index contributed by atoms with van der Waals surface area (Å²) in [5, 5.41) is 22.7. The average Bonchev–Trinajstić information content (AvgIpc) is 4.18. The Hall–Kier alpha value is -6.27. The summed E-state index contributed by atoms with van der Waals surface area (Å²) in [6, 6.07) is 4.53. The molecule has 1 heterocycles. The van der Waals surface area contributed by atoms with E-state index in [1.165, 1.54) is 28.1 Å². The van der Waals surface area contributed by atoms with E-state index in [0.29, 0.717) is 45.9 Å². The Morgan fingerprint density at radius 2 is 1.03 bits per heavy atom. The molecule has 23 nitrogen and oxygen atoms in total. The third-order valence-electron chi connectivity index (χ3n) is 9.50. The first-order valence-electron chi connectivity index (χ1n) is 23.5. The number of nitro benzene ring substituents is 2. The molecular formula is C44H67B3F6N5O18. The molecule has 2 aromatic carbocycles. The number of benzene rings is 2. The van der Waals surface area contributed by atoms with E-state index in [-0.39, 0.29) is 66.8 Å². The molecule has 1 unspecified atom stereocenters. The predicted octanol–water partition coefficient (Wildman–Crippen LogP) is 7.68. The van der Waals surface area contributed by atoms with Crippen LogP contribution in [0.1, 0.15) is 101 Å². The van der Waals surface area contributed by atoms with E-state index in [4.69, 9.17) is 23.6 Å². The van der Waals surface area contributed by atoms with Crippen molar-refractivity contribution < 1.29 is 103 Å². The second-order valence-corrected chi connectivity index (χ2v) is 15.3. The van der Waals surface area contributed by atoms with Crippen molar-refractivity contribution in [3.8, 4) is 23.0 Å². The van der Waals surface area contributed by atoms with Crippen LogP contribution in [-0.4, -0.2) is 170 Å². The number of halogens is 6.